The molecule has 0 aliphatic carbocycles. The fourth-order valence-corrected chi connectivity index (χ4v) is 4.21. The molecule has 158 valence electrons. The van der Waals surface area contributed by atoms with E-state index in [2.05, 4.69) is 5.32 Å². The molecule has 0 saturated carbocycles. The molecule has 1 aromatic rings. The second kappa shape index (κ2) is 8.69. The van der Waals surface area contributed by atoms with E-state index in [-0.39, 0.29) is 24.7 Å². The van der Waals surface area contributed by atoms with E-state index in [1.54, 1.807) is 0 Å². The third-order valence-electron chi connectivity index (χ3n) is 4.98. The monoisotopic (exact) mass is 421 g/mol. The fourth-order valence-electron chi connectivity index (χ4n) is 3.34. The quantitative estimate of drug-likeness (QED) is 0.766. The second-order valence-corrected chi connectivity index (χ2v) is 8.81. The lowest BCUT2D eigenvalue weighted by Gasteiger charge is -2.30. The summed E-state index contributed by atoms with van der Waals surface area (Å²) in [5, 5.41) is 2.65. The number of rotatable bonds is 6. The molecule has 1 fully saturated rings. The molecular weight excluding hydrogens is 395 g/mol. The zero-order valence-electron chi connectivity index (χ0n) is 16.2. The molecule has 2 rings (SSSR count). The Morgan fingerprint density at radius 3 is 2.25 bits per heavy atom. The van der Waals surface area contributed by atoms with Crippen molar-refractivity contribution in [3.05, 3.63) is 23.8 Å². The van der Waals surface area contributed by atoms with Gasteiger partial charge in [0.25, 0.3) is 0 Å². The van der Waals surface area contributed by atoms with Crippen LogP contribution >= 0.6 is 0 Å². The van der Waals surface area contributed by atoms with Gasteiger partial charge in [0.05, 0.1) is 23.2 Å². The van der Waals surface area contributed by atoms with E-state index >= 15 is 0 Å². The summed E-state index contributed by atoms with van der Waals surface area (Å²) < 4.78 is 63.8. The van der Waals surface area contributed by atoms with Crippen LogP contribution in [0.25, 0.3) is 0 Å². The van der Waals surface area contributed by atoms with Crippen LogP contribution in [-0.4, -0.2) is 51.1 Å². The number of hydrogen-bond donors (Lipinski definition) is 1. The predicted molar refractivity (Wildman–Crippen MR) is 103 cm³/mol. The minimum absolute atomic E-state index is 0.120. The van der Waals surface area contributed by atoms with Crippen molar-refractivity contribution in [1.82, 2.24) is 4.31 Å². The number of anilines is 2. The van der Waals surface area contributed by atoms with Crippen LogP contribution in [0.4, 0.5) is 24.5 Å². The Balaban J connectivity index is 2.22. The lowest BCUT2D eigenvalue weighted by atomic mass is 9.97. The van der Waals surface area contributed by atoms with Crippen molar-refractivity contribution in [1.29, 1.82) is 0 Å². The average Bonchev–Trinajstić information content (AvgIpc) is 2.62. The van der Waals surface area contributed by atoms with Crippen LogP contribution in [0.3, 0.4) is 0 Å². The van der Waals surface area contributed by atoms with Crippen molar-refractivity contribution >= 4 is 27.3 Å². The molecule has 0 atom stereocenters. The maximum absolute atomic E-state index is 13.1. The van der Waals surface area contributed by atoms with Crippen molar-refractivity contribution in [2.24, 2.45) is 5.92 Å². The third-order valence-corrected chi connectivity index (χ3v) is 6.28. The van der Waals surface area contributed by atoms with Gasteiger partial charge >= 0.3 is 6.18 Å². The summed E-state index contributed by atoms with van der Waals surface area (Å²) in [5.41, 5.74) is -0.181. The van der Waals surface area contributed by atoms with Gasteiger partial charge in [0, 0.05) is 32.1 Å². The first-order chi connectivity index (χ1) is 13.0. The smallest absolute Gasteiger partial charge is 0.370 e. The summed E-state index contributed by atoms with van der Waals surface area (Å²) in [7, 11) is -3.31. The molecule has 6 nitrogen and oxygen atoms in total. The van der Waals surface area contributed by atoms with Crippen molar-refractivity contribution < 1.29 is 26.4 Å². The molecule has 0 spiro atoms. The number of sulfonamides is 1. The number of carbonyl (C=O) groups excluding carboxylic acids is 1. The summed E-state index contributed by atoms with van der Waals surface area (Å²) in [5.74, 6) is -0.835. The minimum atomic E-state index is -4.51. The third kappa shape index (κ3) is 5.38. The van der Waals surface area contributed by atoms with Gasteiger partial charge < -0.3 is 10.2 Å². The van der Waals surface area contributed by atoms with Crippen molar-refractivity contribution in [3.63, 3.8) is 0 Å². The predicted octanol–water partition coefficient (Wildman–Crippen LogP) is 3.16. The Bertz CT molecular complexity index is 800. The van der Waals surface area contributed by atoms with Crippen LogP contribution in [-0.2, 0) is 21.0 Å². The van der Waals surface area contributed by atoms with Crippen LogP contribution < -0.4 is 10.2 Å². The second-order valence-electron chi connectivity index (χ2n) is 6.83. The van der Waals surface area contributed by atoms with Crippen LogP contribution in [0, 0.1) is 5.92 Å². The van der Waals surface area contributed by atoms with Crippen molar-refractivity contribution in [2.45, 2.75) is 32.9 Å². The molecule has 1 aliphatic rings. The van der Waals surface area contributed by atoms with Crippen LogP contribution in [0.5, 0.6) is 0 Å². The number of amides is 1. The van der Waals surface area contributed by atoms with Gasteiger partial charge in [-0.25, -0.2) is 12.7 Å². The molecule has 28 heavy (non-hydrogen) atoms. The summed E-state index contributed by atoms with van der Waals surface area (Å²) in [6.45, 7) is 5.38. The van der Waals surface area contributed by atoms with Crippen LogP contribution in [0.15, 0.2) is 18.2 Å². The molecule has 1 saturated heterocycles. The van der Waals surface area contributed by atoms with Gasteiger partial charge in [0.15, 0.2) is 0 Å². The molecule has 0 unspecified atom stereocenters. The standard InChI is InChI=1S/C18H26F3N3O3S/c1-4-23(5-2)16-7-6-14(18(19,20)21)12-15(16)22-17(25)13-8-10-24(11-9-13)28(3,26)27/h6-7,12-13H,4-5,8-11H2,1-3H3,(H,22,25). The number of piperidine rings is 1. The van der Waals surface area contributed by atoms with Gasteiger partial charge in [-0.3, -0.25) is 4.79 Å². The van der Waals surface area contributed by atoms with E-state index in [1.807, 2.05) is 18.7 Å². The van der Waals surface area contributed by atoms with Gasteiger partial charge in [-0.2, -0.15) is 13.2 Å². The molecule has 10 heteroatoms. The highest BCUT2D eigenvalue weighted by Gasteiger charge is 2.33. The largest absolute Gasteiger partial charge is 0.416 e. The number of benzene rings is 1. The van der Waals surface area contributed by atoms with Crippen LogP contribution in [0.2, 0.25) is 0 Å². The Morgan fingerprint density at radius 2 is 1.79 bits per heavy atom. The van der Waals surface area contributed by atoms with Gasteiger partial charge in [-0.15, -0.1) is 0 Å². The first-order valence-electron chi connectivity index (χ1n) is 9.19. The Kier molecular flexibility index (Phi) is 6.97. The molecule has 1 heterocycles. The SMILES string of the molecule is CCN(CC)c1ccc(C(F)(F)F)cc1NC(=O)C1CCN(S(C)(=O)=O)CC1. The molecule has 1 aliphatic heterocycles. The van der Waals surface area contributed by atoms with Crippen molar-refractivity contribution in [2.75, 3.05) is 42.7 Å². The first-order valence-corrected chi connectivity index (χ1v) is 11.0. The van der Waals surface area contributed by atoms with E-state index in [0.29, 0.717) is 31.6 Å². The van der Waals surface area contributed by atoms with E-state index in [9.17, 15) is 26.4 Å². The highest BCUT2D eigenvalue weighted by Crippen LogP contribution is 2.36. The van der Waals surface area contributed by atoms with E-state index in [0.717, 1.165) is 18.4 Å². The maximum atomic E-state index is 13.1. The Morgan fingerprint density at radius 1 is 1.21 bits per heavy atom. The summed E-state index contributed by atoms with van der Waals surface area (Å²) in [6.07, 6.45) is -2.73. The van der Waals surface area contributed by atoms with E-state index in [4.69, 9.17) is 0 Å². The summed E-state index contributed by atoms with van der Waals surface area (Å²) in [4.78, 5) is 14.5. The van der Waals surface area contributed by atoms with Gasteiger partial charge in [0.2, 0.25) is 15.9 Å². The van der Waals surface area contributed by atoms with E-state index < -0.39 is 27.7 Å². The lowest BCUT2D eigenvalue weighted by molar-refractivity contribution is -0.137. The molecule has 0 bridgehead atoms. The number of nitrogens with zero attached hydrogens (tertiary/aromatic N) is 2. The lowest BCUT2D eigenvalue weighted by Crippen LogP contribution is -2.41. The molecule has 1 N–H and O–H groups in total. The van der Waals surface area contributed by atoms with Gasteiger partial charge in [-0.1, -0.05) is 0 Å². The highest BCUT2D eigenvalue weighted by atomic mass is 32.2. The Hall–Kier alpha value is -1.81. The highest BCUT2D eigenvalue weighted by molar-refractivity contribution is 7.88. The van der Waals surface area contributed by atoms with Crippen LogP contribution in [0.1, 0.15) is 32.3 Å². The number of alkyl halides is 3. The maximum Gasteiger partial charge on any atom is 0.416 e. The molecule has 1 amide bonds. The zero-order valence-corrected chi connectivity index (χ0v) is 17.0. The first kappa shape index (κ1) is 22.5. The topological polar surface area (TPSA) is 69.7 Å². The summed E-state index contributed by atoms with van der Waals surface area (Å²) >= 11 is 0. The minimum Gasteiger partial charge on any atom is -0.370 e. The molecule has 0 radical (unpaired) electrons. The molecule has 0 aromatic heterocycles. The van der Waals surface area contributed by atoms with Gasteiger partial charge in [0.1, 0.15) is 0 Å². The van der Waals surface area contributed by atoms with Crippen molar-refractivity contribution in [3.8, 4) is 0 Å². The fraction of sp³-hybridized carbons (Fsp3) is 0.611. The zero-order chi connectivity index (χ0) is 21.1. The number of nitrogens with one attached hydrogen (secondary N) is 1. The molecular formula is C18H26F3N3O3S. The number of carbonyl (C=O) groups is 1. The summed E-state index contributed by atoms with van der Waals surface area (Å²) in [6, 6.07) is 3.34. The van der Waals surface area contributed by atoms with Gasteiger partial charge in [-0.05, 0) is 44.9 Å². The number of hydrogen-bond acceptors (Lipinski definition) is 4. The molecule has 1 aromatic carbocycles. The number of halogens is 3. The van der Waals surface area contributed by atoms with E-state index in [1.165, 1.54) is 10.4 Å². The average molecular weight is 421 g/mol. The normalized spacial score (nSPS) is 16.8. The Labute approximate surface area is 163 Å².